The molecule has 3 amide bonds. The molecule has 0 radical (unpaired) electrons. The second kappa shape index (κ2) is 17.6. The molecule has 8 rings (SSSR count). The fourth-order valence-electron chi connectivity index (χ4n) is 7.26. The van der Waals surface area contributed by atoms with E-state index < -0.39 is 34.5 Å². The zero-order valence-corrected chi connectivity index (χ0v) is 35.2. The fourth-order valence-corrected chi connectivity index (χ4v) is 7.26. The molecule has 2 unspecified atom stereocenters. The summed E-state index contributed by atoms with van der Waals surface area (Å²) < 4.78 is 47.0. The monoisotopic (exact) mass is 879 g/mol. The van der Waals surface area contributed by atoms with Crippen molar-refractivity contribution in [3.63, 3.8) is 0 Å². The number of aromatic nitrogens is 8. The van der Waals surface area contributed by atoms with Crippen molar-refractivity contribution in [3.8, 4) is 23.0 Å². The van der Waals surface area contributed by atoms with E-state index >= 15 is 0 Å². The number of hydrogen-bond acceptors (Lipinski definition) is 15. The fraction of sp³-hybridized carbons (Fsp3) is 0.286. The van der Waals surface area contributed by atoms with Crippen LogP contribution in [0.2, 0.25) is 0 Å². The lowest BCUT2D eigenvalue weighted by molar-refractivity contribution is -0.152. The van der Waals surface area contributed by atoms with E-state index in [9.17, 15) is 28.0 Å². The summed E-state index contributed by atoms with van der Waals surface area (Å²) in [6, 6.07) is 16.2. The molecule has 4 aromatic heterocycles. The molecule has 64 heavy (non-hydrogen) atoms. The van der Waals surface area contributed by atoms with Gasteiger partial charge in [0.1, 0.15) is 46.3 Å². The van der Waals surface area contributed by atoms with Gasteiger partial charge in [-0.1, -0.05) is 36.4 Å². The number of esters is 1. The van der Waals surface area contributed by atoms with E-state index in [0.29, 0.717) is 33.9 Å². The molecule has 20 nitrogen and oxygen atoms in total. The SMILES string of the molecule is CCOC(=O)C1(C)C(=O)Nc2nc(-c3cc(COC)n(Cc4ccccc4F)n3)nc(N)c21.COCc1cc(-c2nc(N)c3c(n2)NC(=O)C3(C)C(N)=O)nn1Cc1ccccc1F. The van der Waals surface area contributed by atoms with Gasteiger partial charge >= 0.3 is 5.97 Å². The van der Waals surface area contributed by atoms with E-state index in [-0.39, 0.29) is 90.6 Å². The van der Waals surface area contributed by atoms with Crippen LogP contribution in [-0.4, -0.2) is 84.0 Å². The lowest BCUT2D eigenvalue weighted by Gasteiger charge is -2.20. The minimum atomic E-state index is -1.66. The quantitative estimate of drug-likeness (QED) is 0.0824. The summed E-state index contributed by atoms with van der Waals surface area (Å²) in [5, 5.41) is 14.1. The first-order valence-electron chi connectivity index (χ1n) is 19.6. The molecule has 6 heterocycles. The second-order valence-electron chi connectivity index (χ2n) is 15.0. The number of hydrogen-bond donors (Lipinski definition) is 5. The van der Waals surface area contributed by atoms with Gasteiger partial charge in [-0.25, -0.2) is 28.7 Å². The molecule has 2 aliphatic rings. The van der Waals surface area contributed by atoms with Crippen LogP contribution in [0.4, 0.5) is 32.1 Å². The second-order valence-corrected chi connectivity index (χ2v) is 15.0. The molecule has 0 spiro atoms. The molecule has 2 aliphatic heterocycles. The van der Waals surface area contributed by atoms with Crippen LogP contribution in [0, 0.1) is 11.6 Å². The molecule has 0 aliphatic carbocycles. The summed E-state index contributed by atoms with van der Waals surface area (Å²) in [5.41, 5.74) is 17.6. The van der Waals surface area contributed by atoms with Gasteiger partial charge in [-0.2, -0.15) is 10.2 Å². The number of benzene rings is 2. The third-order valence-corrected chi connectivity index (χ3v) is 10.7. The number of carbonyl (C=O) groups excluding carboxylic acids is 4. The maximum atomic E-state index is 14.2. The number of primary amides is 1. The summed E-state index contributed by atoms with van der Waals surface area (Å²) in [6.07, 6.45) is 0. The maximum Gasteiger partial charge on any atom is 0.326 e. The largest absolute Gasteiger partial charge is 0.465 e. The first-order chi connectivity index (χ1) is 30.5. The van der Waals surface area contributed by atoms with Gasteiger partial charge < -0.3 is 42.0 Å². The highest BCUT2D eigenvalue weighted by Crippen LogP contribution is 2.42. The van der Waals surface area contributed by atoms with Crippen LogP contribution in [0.3, 0.4) is 0 Å². The summed E-state index contributed by atoms with van der Waals surface area (Å²) in [7, 11) is 3.07. The summed E-state index contributed by atoms with van der Waals surface area (Å²) in [6.45, 7) is 5.33. The molecule has 22 heteroatoms. The van der Waals surface area contributed by atoms with Crippen molar-refractivity contribution < 1.29 is 42.2 Å². The number of nitrogens with two attached hydrogens (primary N) is 3. The molecule has 6 aromatic rings. The number of carbonyl (C=O) groups is 4. The Morgan fingerprint density at radius 1 is 0.703 bits per heavy atom. The van der Waals surface area contributed by atoms with Gasteiger partial charge in [-0.3, -0.25) is 28.5 Å². The molecule has 8 N–H and O–H groups in total. The summed E-state index contributed by atoms with van der Waals surface area (Å²) in [4.78, 5) is 66.7. The van der Waals surface area contributed by atoms with Crippen molar-refractivity contribution in [2.45, 2.75) is 57.9 Å². The van der Waals surface area contributed by atoms with Gasteiger partial charge in [-0.05, 0) is 45.0 Å². The van der Waals surface area contributed by atoms with Crippen molar-refractivity contribution in [2.75, 3.05) is 42.9 Å². The Morgan fingerprint density at radius 3 is 1.53 bits per heavy atom. The number of fused-ring (bicyclic) bond motifs is 2. The average Bonchev–Trinajstić information content (AvgIpc) is 3.99. The molecule has 0 fully saturated rings. The molecular formula is C42H43F2N13O7. The van der Waals surface area contributed by atoms with Crippen molar-refractivity contribution in [1.82, 2.24) is 39.5 Å². The highest BCUT2D eigenvalue weighted by atomic mass is 19.1. The number of methoxy groups -OCH3 is 2. The number of halogens is 2. The van der Waals surface area contributed by atoms with Gasteiger partial charge in [0.05, 0.1) is 55.4 Å². The van der Waals surface area contributed by atoms with Crippen LogP contribution in [-0.2, 0) is 70.5 Å². The number of nitrogens with one attached hydrogen (secondary N) is 2. The molecule has 2 aromatic carbocycles. The summed E-state index contributed by atoms with van der Waals surface area (Å²) >= 11 is 0. The first-order valence-corrected chi connectivity index (χ1v) is 19.6. The molecule has 0 saturated carbocycles. The topological polar surface area (TPSA) is 285 Å². The van der Waals surface area contributed by atoms with E-state index in [1.807, 2.05) is 0 Å². The van der Waals surface area contributed by atoms with Gasteiger partial charge in [0.2, 0.25) is 17.7 Å². The summed E-state index contributed by atoms with van der Waals surface area (Å²) in [5.74, 6) is -3.12. The van der Waals surface area contributed by atoms with E-state index in [0.717, 1.165) is 0 Å². The zero-order valence-electron chi connectivity index (χ0n) is 35.2. The molecule has 0 saturated heterocycles. The van der Waals surface area contributed by atoms with Crippen LogP contribution in [0.25, 0.3) is 23.0 Å². The smallest absolute Gasteiger partial charge is 0.326 e. The number of anilines is 4. The third kappa shape index (κ3) is 7.94. The van der Waals surface area contributed by atoms with Crippen LogP contribution in [0.15, 0.2) is 60.7 Å². The van der Waals surface area contributed by atoms with E-state index in [1.54, 1.807) is 64.8 Å². The normalized spacial score (nSPS) is 17.2. The Kier molecular flexibility index (Phi) is 12.2. The Hall–Kier alpha value is -7.72. The van der Waals surface area contributed by atoms with Crippen molar-refractivity contribution >= 4 is 47.0 Å². The minimum Gasteiger partial charge on any atom is -0.465 e. The van der Waals surface area contributed by atoms with Crippen molar-refractivity contribution in [1.29, 1.82) is 0 Å². The van der Waals surface area contributed by atoms with Crippen LogP contribution >= 0.6 is 0 Å². The molecular weight excluding hydrogens is 837 g/mol. The van der Waals surface area contributed by atoms with E-state index in [2.05, 4.69) is 40.8 Å². The molecule has 332 valence electrons. The van der Waals surface area contributed by atoms with E-state index in [4.69, 9.17) is 31.4 Å². The highest BCUT2D eigenvalue weighted by Gasteiger charge is 2.54. The Balaban J connectivity index is 0.000000192. The van der Waals surface area contributed by atoms with Crippen LogP contribution in [0.1, 0.15) is 54.4 Å². The van der Waals surface area contributed by atoms with Crippen LogP contribution < -0.4 is 27.8 Å². The third-order valence-electron chi connectivity index (χ3n) is 10.7. The van der Waals surface area contributed by atoms with Gasteiger partial charge in [0.15, 0.2) is 22.5 Å². The Labute approximate surface area is 363 Å². The predicted molar refractivity (Wildman–Crippen MR) is 226 cm³/mol. The average molecular weight is 880 g/mol. The molecule has 2 atom stereocenters. The Morgan fingerprint density at radius 2 is 1.12 bits per heavy atom. The Bertz CT molecular complexity index is 2830. The van der Waals surface area contributed by atoms with Gasteiger partial charge in [-0.15, -0.1) is 0 Å². The van der Waals surface area contributed by atoms with Gasteiger partial charge in [0, 0.05) is 25.3 Å². The van der Waals surface area contributed by atoms with Crippen molar-refractivity contribution in [3.05, 3.63) is 106 Å². The lowest BCUT2D eigenvalue weighted by Crippen LogP contribution is -2.44. The molecule has 0 bridgehead atoms. The first kappa shape index (κ1) is 44.3. The van der Waals surface area contributed by atoms with E-state index in [1.165, 1.54) is 40.2 Å². The number of nitrogens with zero attached hydrogens (tertiary/aromatic N) is 8. The highest BCUT2D eigenvalue weighted by molar-refractivity contribution is 6.21. The standard InChI is InChI=1S/C22H23FN6O4.C20H20FN7O3/c1-4-33-21(31)22(2)16-17(24)25-18(26-19(16)27-20(22)30)15-9-13(11-32-3)29(28-15)10-12-7-5-6-8-14(12)23;1-20(18(23)29)14-15(22)24-16(25-17(14)26-19(20)30)13-7-11(9-31-2)28(27-13)8-10-5-3-4-6-12(10)21/h5-9H,4,10-11H2,1-3H3,(H3,24,25,26,27,30);3-7H,8-9H2,1-2H3,(H2,23,29)(H3,22,24,25,26,30). The number of ether oxygens (including phenoxy) is 3. The van der Waals surface area contributed by atoms with Crippen LogP contribution in [0.5, 0.6) is 0 Å². The predicted octanol–water partition coefficient (Wildman–Crippen LogP) is 2.98. The lowest BCUT2D eigenvalue weighted by atomic mass is 9.84. The van der Waals surface area contributed by atoms with Gasteiger partial charge in [0.25, 0.3) is 0 Å². The number of amides is 3. The minimum absolute atomic E-state index is 0.0409. The number of nitrogen functional groups attached to an aromatic ring is 2. The zero-order chi connectivity index (χ0) is 46.1. The maximum absolute atomic E-state index is 14.2. The number of rotatable bonds is 13. The van der Waals surface area contributed by atoms with Crippen molar-refractivity contribution in [2.24, 2.45) is 5.73 Å².